The number of hydrogen-bond donors (Lipinski definition) is 1. The number of nitrogens with zero attached hydrogens (tertiary/aromatic N) is 2. The molecule has 14 heavy (non-hydrogen) atoms. The van der Waals surface area contributed by atoms with Gasteiger partial charge in [-0.25, -0.2) is 0 Å². The molecule has 1 rings (SSSR count). The molecule has 0 aliphatic carbocycles. The van der Waals surface area contributed by atoms with Gasteiger partial charge in [-0.2, -0.15) is 5.10 Å². The van der Waals surface area contributed by atoms with Gasteiger partial charge in [0.1, 0.15) is 0 Å². The van der Waals surface area contributed by atoms with Gasteiger partial charge >= 0.3 is 0 Å². The zero-order chi connectivity index (χ0) is 10.6. The summed E-state index contributed by atoms with van der Waals surface area (Å²) in [5.74, 6) is 0. The van der Waals surface area contributed by atoms with E-state index >= 15 is 0 Å². The first-order chi connectivity index (χ1) is 6.65. The summed E-state index contributed by atoms with van der Waals surface area (Å²) in [6, 6.07) is 2.49. The van der Waals surface area contributed by atoms with Gasteiger partial charge < -0.3 is 5.32 Å². The third-order valence-electron chi connectivity index (χ3n) is 2.19. The molecule has 0 fully saturated rings. The Labute approximate surface area is 85.8 Å². The largest absolute Gasteiger partial charge is 0.311 e. The van der Waals surface area contributed by atoms with Crippen molar-refractivity contribution in [1.29, 1.82) is 0 Å². The van der Waals surface area contributed by atoms with Crippen LogP contribution in [-0.4, -0.2) is 22.9 Å². The summed E-state index contributed by atoms with van der Waals surface area (Å²) in [6.45, 7) is 11.7. The predicted molar refractivity (Wildman–Crippen MR) is 59.5 cm³/mol. The van der Waals surface area contributed by atoms with Gasteiger partial charge in [0.05, 0.1) is 11.7 Å². The van der Waals surface area contributed by atoms with Crippen LogP contribution in [0.25, 0.3) is 0 Å². The van der Waals surface area contributed by atoms with Crippen LogP contribution in [0.2, 0.25) is 0 Å². The number of rotatable bonds is 5. The first-order valence-electron chi connectivity index (χ1n) is 4.99. The molecule has 1 N–H and O–H groups in total. The van der Waals surface area contributed by atoms with Gasteiger partial charge in [0.25, 0.3) is 0 Å². The number of hydrogen-bond acceptors (Lipinski definition) is 2. The lowest BCUT2D eigenvalue weighted by Gasteiger charge is -2.14. The molecule has 1 heterocycles. The second-order valence-electron chi connectivity index (χ2n) is 3.67. The molecule has 0 aromatic carbocycles. The molecule has 3 nitrogen and oxygen atoms in total. The minimum absolute atomic E-state index is 0.392. The average molecular weight is 193 g/mol. The molecule has 0 radical (unpaired) electrons. The summed E-state index contributed by atoms with van der Waals surface area (Å²) in [5, 5.41) is 7.73. The highest BCUT2D eigenvalue weighted by molar-refractivity contribution is 5.07. The Morgan fingerprint density at radius 3 is 2.86 bits per heavy atom. The Morgan fingerprint density at radius 2 is 2.36 bits per heavy atom. The number of nitrogens with one attached hydrogen (secondary N) is 1. The van der Waals surface area contributed by atoms with E-state index < -0.39 is 0 Å². The summed E-state index contributed by atoms with van der Waals surface area (Å²) >= 11 is 0. The summed E-state index contributed by atoms with van der Waals surface area (Å²) in [5.41, 5.74) is 2.30. The lowest BCUT2D eigenvalue weighted by Crippen LogP contribution is -2.24. The van der Waals surface area contributed by atoms with Crippen molar-refractivity contribution in [1.82, 2.24) is 15.1 Å². The summed E-state index contributed by atoms with van der Waals surface area (Å²) in [6.07, 6.45) is 1.87. The molecule has 78 valence electrons. The van der Waals surface area contributed by atoms with Crippen molar-refractivity contribution in [3.05, 3.63) is 30.1 Å². The highest BCUT2D eigenvalue weighted by Gasteiger charge is 2.07. The van der Waals surface area contributed by atoms with E-state index in [2.05, 4.69) is 41.6 Å². The Morgan fingerprint density at radius 1 is 1.64 bits per heavy atom. The van der Waals surface area contributed by atoms with E-state index in [9.17, 15) is 0 Å². The highest BCUT2D eigenvalue weighted by Crippen LogP contribution is 2.09. The molecular weight excluding hydrogens is 174 g/mol. The SMILES string of the molecule is C=CCNCC(C)n1nc(C)cc1C. The molecule has 0 saturated carbocycles. The zero-order valence-corrected chi connectivity index (χ0v) is 9.25. The average Bonchev–Trinajstić information content (AvgIpc) is 2.45. The Bertz CT molecular complexity index is 301. The fourth-order valence-electron chi connectivity index (χ4n) is 1.57. The molecule has 3 heteroatoms. The topological polar surface area (TPSA) is 29.9 Å². The Balaban J connectivity index is 2.55. The highest BCUT2D eigenvalue weighted by atomic mass is 15.3. The minimum atomic E-state index is 0.392. The van der Waals surface area contributed by atoms with Crippen molar-refractivity contribution in [3.63, 3.8) is 0 Å². The van der Waals surface area contributed by atoms with Crippen LogP contribution in [0.5, 0.6) is 0 Å². The van der Waals surface area contributed by atoms with Crippen molar-refractivity contribution >= 4 is 0 Å². The molecule has 0 saturated heterocycles. The molecule has 1 atom stereocenters. The van der Waals surface area contributed by atoms with E-state index in [0.29, 0.717) is 6.04 Å². The second kappa shape index (κ2) is 4.96. The van der Waals surface area contributed by atoms with Gasteiger partial charge in [-0.3, -0.25) is 4.68 Å². The molecule has 0 spiro atoms. The lowest BCUT2D eigenvalue weighted by molar-refractivity contribution is 0.453. The van der Waals surface area contributed by atoms with Crippen molar-refractivity contribution in [2.75, 3.05) is 13.1 Å². The van der Waals surface area contributed by atoms with E-state index in [0.717, 1.165) is 18.8 Å². The lowest BCUT2D eigenvalue weighted by atomic mass is 10.3. The molecule has 0 aliphatic rings. The van der Waals surface area contributed by atoms with Crippen molar-refractivity contribution in [2.24, 2.45) is 0 Å². The van der Waals surface area contributed by atoms with E-state index in [4.69, 9.17) is 0 Å². The Hall–Kier alpha value is -1.09. The minimum Gasteiger partial charge on any atom is -0.311 e. The monoisotopic (exact) mass is 193 g/mol. The summed E-state index contributed by atoms with van der Waals surface area (Å²) < 4.78 is 2.06. The number of aryl methyl sites for hydroxylation is 2. The molecule has 1 aromatic heterocycles. The van der Waals surface area contributed by atoms with Crippen LogP contribution in [0.4, 0.5) is 0 Å². The first-order valence-corrected chi connectivity index (χ1v) is 4.99. The van der Waals surface area contributed by atoms with Crippen LogP contribution in [0.3, 0.4) is 0 Å². The zero-order valence-electron chi connectivity index (χ0n) is 9.25. The van der Waals surface area contributed by atoms with Gasteiger partial charge in [0.15, 0.2) is 0 Å². The molecule has 1 unspecified atom stereocenters. The molecule has 0 aliphatic heterocycles. The standard InChI is InChI=1S/C11H19N3/c1-5-6-12-8-11(4)14-10(3)7-9(2)13-14/h5,7,11-12H,1,6,8H2,2-4H3. The van der Waals surface area contributed by atoms with Crippen LogP contribution in [-0.2, 0) is 0 Å². The fraction of sp³-hybridized carbons (Fsp3) is 0.545. The van der Waals surface area contributed by atoms with E-state index in [-0.39, 0.29) is 0 Å². The third-order valence-corrected chi connectivity index (χ3v) is 2.19. The van der Waals surface area contributed by atoms with Crippen molar-refractivity contribution in [2.45, 2.75) is 26.8 Å². The van der Waals surface area contributed by atoms with E-state index in [1.807, 2.05) is 13.0 Å². The third kappa shape index (κ3) is 2.70. The van der Waals surface area contributed by atoms with Crippen LogP contribution in [0.1, 0.15) is 24.4 Å². The molecule has 0 bridgehead atoms. The van der Waals surface area contributed by atoms with E-state index in [1.165, 1.54) is 5.69 Å². The Kier molecular flexibility index (Phi) is 3.89. The van der Waals surface area contributed by atoms with Gasteiger partial charge in [-0.05, 0) is 26.8 Å². The first kappa shape index (κ1) is 11.0. The van der Waals surface area contributed by atoms with Gasteiger partial charge in [0.2, 0.25) is 0 Å². The summed E-state index contributed by atoms with van der Waals surface area (Å²) in [4.78, 5) is 0. The van der Waals surface area contributed by atoms with Crippen LogP contribution in [0.15, 0.2) is 18.7 Å². The maximum atomic E-state index is 4.44. The van der Waals surface area contributed by atoms with Gasteiger partial charge in [-0.15, -0.1) is 6.58 Å². The van der Waals surface area contributed by atoms with Crippen LogP contribution in [0, 0.1) is 13.8 Å². The maximum absolute atomic E-state index is 4.44. The van der Waals surface area contributed by atoms with E-state index in [1.54, 1.807) is 0 Å². The predicted octanol–water partition coefficient (Wildman–Crippen LogP) is 1.84. The second-order valence-corrected chi connectivity index (χ2v) is 3.67. The van der Waals surface area contributed by atoms with Crippen molar-refractivity contribution in [3.8, 4) is 0 Å². The number of aromatic nitrogens is 2. The molecule has 1 aromatic rings. The molecular formula is C11H19N3. The normalized spacial score (nSPS) is 12.8. The maximum Gasteiger partial charge on any atom is 0.0618 e. The quantitative estimate of drug-likeness (QED) is 0.571. The van der Waals surface area contributed by atoms with Gasteiger partial charge in [0, 0.05) is 18.8 Å². The summed E-state index contributed by atoms with van der Waals surface area (Å²) in [7, 11) is 0. The van der Waals surface area contributed by atoms with Crippen LogP contribution < -0.4 is 5.32 Å². The van der Waals surface area contributed by atoms with Crippen molar-refractivity contribution < 1.29 is 0 Å². The fourth-order valence-corrected chi connectivity index (χ4v) is 1.57. The van der Waals surface area contributed by atoms with Gasteiger partial charge in [-0.1, -0.05) is 6.08 Å². The van der Waals surface area contributed by atoms with Crippen LogP contribution >= 0.6 is 0 Å². The smallest absolute Gasteiger partial charge is 0.0618 e. The molecule has 0 amide bonds.